The Morgan fingerprint density at radius 2 is 2.12 bits per heavy atom. The van der Waals surface area contributed by atoms with E-state index >= 15 is 0 Å². The first-order valence-corrected chi connectivity index (χ1v) is 9.15. The summed E-state index contributed by atoms with van der Waals surface area (Å²) in [4.78, 5) is 8.68. The van der Waals surface area contributed by atoms with Gasteiger partial charge in [-0.2, -0.15) is 0 Å². The second-order valence-electron chi connectivity index (χ2n) is 5.86. The summed E-state index contributed by atoms with van der Waals surface area (Å²) in [5.74, 6) is 1.09. The van der Waals surface area contributed by atoms with E-state index in [1.165, 1.54) is 16.4 Å². The van der Waals surface area contributed by atoms with Crippen LogP contribution in [0.4, 0.5) is 5.82 Å². The summed E-state index contributed by atoms with van der Waals surface area (Å²) < 4.78 is 6.86. The fourth-order valence-corrected chi connectivity index (χ4v) is 3.59. The van der Waals surface area contributed by atoms with Crippen molar-refractivity contribution in [3.05, 3.63) is 0 Å². The zero-order valence-corrected chi connectivity index (χ0v) is 14.6. The van der Waals surface area contributed by atoms with Crippen LogP contribution in [0.2, 0.25) is 0 Å². The standard InChI is InChI=1S/C14H22N6O4S/c1-2-5-25-14-16-12(15)9-13(17-14)20(19-18-9)7-6-8(24-4-3-21)11(23)10(7)22/h7-8,10-11,21-23H,2-6H2,1H3,(H2,15,16,17). The van der Waals surface area contributed by atoms with Crippen LogP contribution in [0, 0.1) is 0 Å². The highest BCUT2D eigenvalue weighted by atomic mass is 32.2. The molecule has 4 atom stereocenters. The van der Waals surface area contributed by atoms with Gasteiger partial charge in [0.1, 0.15) is 12.2 Å². The highest BCUT2D eigenvalue weighted by Gasteiger charge is 2.44. The van der Waals surface area contributed by atoms with Crippen molar-refractivity contribution in [2.24, 2.45) is 0 Å². The van der Waals surface area contributed by atoms with Crippen LogP contribution in [-0.4, -0.2) is 77.6 Å². The number of ether oxygens (including phenoxy) is 1. The molecule has 0 spiro atoms. The third kappa shape index (κ3) is 3.55. The van der Waals surface area contributed by atoms with E-state index in [2.05, 4.69) is 27.2 Å². The maximum Gasteiger partial charge on any atom is 0.191 e. The number of thioether (sulfide) groups is 1. The van der Waals surface area contributed by atoms with Crippen molar-refractivity contribution in [1.29, 1.82) is 0 Å². The molecule has 0 bridgehead atoms. The van der Waals surface area contributed by atoms with Crippen LogP contribution in [0.3, 0.4) is 0 Å². The van der Waals surface area contributed by atoms with Crippen molar-refractivity contribution in [2.75, 3.05) is 24.7 Å². The van der Waals surface area contributed by atoms with Crippen molar-refractivity contribution in [2.45, 2.75) is 49.3 Å². The summed E-state index contributed by atoms with van der Waals surface area (Å²) in [5, 5.41) is 38.0. The van der Waals surface area contributed by atoms with Gasteiger partial charge in [0.2, 0.25) is 0 Å². The molecule has 11 heteroatoms. The molecule has 1 fully saturated rings. The van der Waals surface area contributed by atoms with E-state index in [-0.39, 0.29) is 19.0 Å². The molecule has 1 saturated carbocycles. The van der Waals surface area contributed by atoms with Crippen molar-refractivity contribution in [3.8, 4) is 0 Å². The smallest absolute Gasteiger partial charge is 0.191 e. The van der Waals surface area contributed by atoms with Gasteiger partial charge in [-0.05, 0) is 6.42 Å². The minimum atomic E-state index is -1.09. The Bertz CT molecular complexity index is 729. The Labute approximate surface area is 148 Å². The summed E-state index contributed by atoms with van der Waals surface area (Å²) in [6, 6.07) is -0.554. The van der Waals surface area contributed by atoms with Gasteiger partial charge in [0.25, 0.3) is 0 Å². The molecule has 2 aromatic rings. The first kappa shape index (κ1) is 18.3. The van der Waals surface area contributed by atoms with Gasteiger partial charge < -0.3 is 25.8 Å². The summed E-state index contributed by atoms with van der Waals surface area (Å²) in [6.45, 7) is 1.99. The molecule has 10 nitrogen and oxygen atoms in total. The minimum Gasteiger partial charge on any atom is -0.394 e. The topological polar surface area (TPSA) is 152 Å². The van der Waals surface area contributed by atoms with Gasteiger partial charge in [0.15, 0.2) is 22.1 Å². The molecule has 5 N–H and O–H groups in total. The minimum absolute atomic E-state index is 0.0895. The van der Waals surface area contributed by atoms with Crippen LogP contribution in [0.1, 0.15) is 25.8 Å². The Balaban J connectivity index is 1.91. The van der Waals surface area contributed by atoms with Crippen LogP contribution in [-0.2, 0) is 4.74 Å². The van der Waals surface area contributed by atoms with Gasteiger partial charge >= 0.3 is 0 Å². The first-order valence-electron chi connectivity index (χ1n) is 8.16. The molecular weight excluding hydrogens is 348 g/mol. The second-order valence-corrected chi connectivity index (χ2v) is 6.93. The quantitative estimate of drug-likeness (QED) is 0.365. The third-order valence-electron chi connectivity index (χ3n) is 4.10. The molecule has 0 radical (unpaired) electrons. The highest BCUT2D eigenvalue weighted by Crippen LogP contribution is 2.34. The van der Waals surface area contributed by atoms with Crippen LogP contribution in [0.15, 0.2) is 5.16 Å². The molecule has 0 aromatic carbocycles. The van der Waals surface area contributed by atoms with E-state index < -0.39 is 24.4 Å². The SMILES string of the molecule is CCCSc1nc(N)c2nnn(C3CC(OCCO)C(O)C3O)c2n1. The van der Waals surface area contributed by atoms with Crippen LogP contribution in [0.25, 0.3) is 11.2 Å². The lowest BCUT2D eigenvalue weighted by Crippen LogP contribution is -2.33. The van der Waals surface area contributed by atoms with Gasteiger partial charge in [-0.15, -0.1) is 5.10 Å². The normalized spacial score (nSPS) is 26.6. The summed E-state index contributed by atoms with van der Waals surface area (Å²) in [6.07, 6.45) is -1.47. The maximum atomic E-state index is 10.4. The predicted molar refractivity (Wildman–Crippen MR) is 91.0 cm³/mol. The van der Waals surface area contributed by atoms with E-state index in [0.717, 1.165) is 12.2 Å². The lowest BCUT2D eigenvalue weighted by Gasteiger charge is -2.17. The number of fused-ring (bicyclic) bond motifs is 1. The molecule has 1 aliphatic rings. The van der Waals surface area contributed by atoms with Crippen molar-refractivity contribution in [1.82, 2.24) is 25.0 Å². The number of aliphatic hydroxyl groups excluding tert-OH is 3. The number of rotatable bonds is 7. The van der Waals surface area contributed by atoms with E-state index in [1.807, 2.05) is 0 Å². The Morgan fingerprint density at radius 3 is 2.84 bits per heavy atom. The number of aliphatic hydroxyl groups is 3. The fraction of sp³-hybridized carbons (Fsp3) is 0.714. The number of hydrogen-bond acceptors (Lipinski definition) is 10. The Hall–Kier alpha value is -1.53. The molecule has 0 saturated heterocycles. The number of nitrogen functional groups attached to an aromatic ring is 1. The lowest BCUT2D eigenvalue weighted by atomic mass is 10.2. The van der Waals surface area contributed by atoms with Crippen molar-refractivity contribution in [3.63, 3.8) is 0 Å². The third-order valence-corrected chi connectivity index (χ3v) is 5.15. The zero-order valence-electron chi connectivity index (χ0n) is 13.8. The molecule has 0 amide bonds. The largest absolute Gasteiger partial charge is 0.394 e. The van der Waals surface area contributed by atoms with E-state index in [1.54, 1.807) is 0 Å². The second kappa shape index (κ2) is 7.79. The average molecular weight is 370 g/mol. The highest BCUT2D eigenvalue weighted by molar-refractivity contribution is 7.99. The predicted octanol–water partition coefficient (Wildman–Crippen LogP) is -0.650. The number of aromatic nitrogens is 5. The first-order chi connectivity index (χ1) is 12.1. The number of nitrogens with zero attached hydrogens (tertiary/aromatic N) is 5. The van der Waals surface area contributed by atoms with E-state index in [0.29, 0.717) is 22.7 Å². The maximum absolute atomic E-state index is 10.4. The van der Waals surface area contributed by atoms with Crippen molar-refractivity contribution >= 4 is 28.7 Å². The number of hydrogen-bond donors (Lipinski definition) is 4. The number of anilines is 1. The summed E-state index contributed by atoms with van der Waals surface area (Å²) in [5.41, 5.74) is 6.74. The molecular formula is C14H22N6O4S. The van der Waals surface area contributed by atoms with E-state index in [9.17, 15) is 10.2 Å². The van der Waals surface area contributed by atoms with Gasteiger partial charge in [-0.1, -0.05) is 23.9 Å². The lowest BCUT2D eigenvalue weighted by molar-refractivity contribution is -0.0629. The molecule has 3 rings (SSSR count). The van der Waals surface area contributed by atoms with Gasteiger partial charge in [0.05, 0.1) is 25.4 Å². The Morgan fingerprint density at radius 1 is 1.32 bits per heavy atom. The van der Waals surface area contributed by atoms with Gasteiger partial charge in [-0.25, -0.2) is 14.6 Å². The zero-order chi connectivity index (χ0) is 18.0. The Kier molecular flexibility index (Phi) is 5.69. The fourth-order valence-electron chi connectivity index (χ4n) is 2.89. The monoisotopic (exact) mass is 370 g/mol. The van der Waals surface area contributed by atoms with Crippen LogP contribution in [0.5, 0.6) is 0 Å². The molecule has 1 aliphatic carbocycles. The van der Waals surface area contributed by atoms with Crippen molar-refractivity contribution < 1.29 is 20.1 Å². The summed E-state index contributed by atoms with van der Waals surface area (Å²) >= 11 is 1.48. The molecule has 2 aromatic heterocycles. The molecule has 4 unspecified atom stereocenters. The van der Waals surface area contributed by atoms with E-state index in [4.69, 9.17) is 15.6 Å². The summed E-state index contributed by atoms with van der Waals surface area (Å²) in [7, 11) is 0. The molecule has 2 heterocycles. The van der Waals surface area contributed by atoms with Gasteiger partial charge in [-0.3, -0.25) is 0 Å². The van der Waals surface area contributed by atoms with Gasteiger partial charge in [0, 0.05) is 12.2 Å². The van der Waals surface area contributed by atoms with Crippen LogP contribution < -0.4 is 5.73 Å². The number of nitrogens with two attached hydrogens (primary N) is 1. The molecule has 25 heavy (non-hydrogen) atoms. The molecule has 0 aliphatic heterocycles. The van der Waals surface area contributed by atoms with Crippen LogP contribution >= 0.6 is 11.8 Å². The molecule has 138 valence electrons. The average Bonchev–Trinajstić information content (AvgIpc) is 3.14.